The van der Waals surface area contributed by atoms with Crippen LogP contribution in [0.4, 0.5) is 13.2 Å². The van der Waals surface area contributed by atoms with Gasteiger partial charge < -0.3 is 4.74 Å². The van der Waals surface area contributed by atoms with E-state index in [1.807, 2.05) is 0 Å². The second-order valence-electron chi connectivity index (χ2n) is 3.96. The highest BCUT2D eigenvalue weighted by Crippen LogP contribution is 2.38. The van der Waals surface area contributed by atoms with Crippen molar-refractivity contribution in [1.82, 2.24) is 4.98 Å². The number of nitrogens with zero attached hydrogens (tertiary/aromatic N) is 1. The van der Waals surface area contributed by atoms with Crippen LogP contribution in [0.1, 0.15) is 15.9 Å². The van der Waals surface area contributed by atoms with Crippen molar-refractivity contribution in [1.29, 1.82) is 0 Å². The topological polar surface area (TPSA) is 39.2 Å². The molecule has 2 rings (SSSR count). The molecule has 0 aliphatic rings. The summed E-state index contributed by atoms with van der Waals surface area (Å²) in [7, 11) is 1.32. The average Bonchev–Trinajstić information content (AvgIpc) is 2.45. The molecule has 0 bridgehead atoms. The predicted molar refractivity (Wildman–Crippen MR) is 66.6 cm³/mol. The summed E-state index contributed by atoms with van der Waals surface area (Å²) in [5.41, 5.74) is -0.793. The molecule has 0 aliphatic carbocycles. The minimum atomic E-state index is -4.51. The van der Waals surface area contributed by atoms with E-state index in [9.17, 15) is 18.0 Å². The lowest BCUT2D eigenvalue weighted by molar-refractivity contribution is -0.137. The summed E-state index contributed by atoms with van der Waals surface area (Å²) in [6, 6.07) is 5.02. The highest BCUT2D eigenvalue weighted by Gasteiger charge is 2.34. The zero-order valence-electron chi connectivity index (χ0n) is 10.4. The van der Waals surface area contributed by atoms with Crippen molar-refractivity contribution in [3.05, 3.63) is 47.8 Å². The summed E-state index contributed by atoms with van der Waals surface area (Å²) >= 11 is 0. The number of benzene rings is 1. The molecule has 1 aromatic carbocycles. The van der Waals surface area contributed by atoms with Crippen molar-refractivity contribution in [2.24, 2.45) is 0 Å². The Labute approximate surface area is 113 Å². The van der Waals surface area contributed by atoms with Crippen molar-refractivity contribution in [2.75, 3.05) is 7.11 Å². The monoisotopic (exact) mass is 281 g/mol. The Balaban J connectivity index is 2.73. The van der Waals surface area contributed by atoms with Gasteiger partial charge >= 0.3 is 6.18 Å². The van der Waals surface area contributed by atoms with Crippen LogP contribution >= 0.6 is 0 Å². The summed E-state index contributed by atoms with van der Waals surface area (Å²) in [6.07, 6.45) is -1.55. The number of aromatic nitrogens is 1. The average molecular weight is 281 g/mol. The first-order valence-corrected chi connectivity index (χ1v) is 5.62. The summed E-state index contributed by atoms with van der Waals surface area (Å²) in [6.45, 7) is 0. The fourth-order valence-electron chi connectivity index (χ4n) is 1.92. The number of halogens is 3. The molecule has 0 amide bonds. The molecule has 20 heavy (non-hydrogen) atoms. The summed E-state index contributed by atoms with van der Waals surface area (Å²) < 4.78 is 44.0. The van der Waals surface area contributed by atoms with Gasteiger partial charge in [-0.25, -0.2) is 0 Å². The molecule has 0 spiro atoms. The molecule has 0 atom stereocenters. The number of carbonyl (C=O) groups excluding carboxylic acids is 1. The van der Waals surface area contributed by atoms with Crippen molar-refractivity contribution >= 4 is 6.29 Å². The van der Waals surface area contributed by atoms with Gasteiger partial charge in [0.05, 0.1) is 24.4 Å². The quantitative estimate of drug-likeness (QED) is 0.807. The van der Waals surface area contributed by atoms with E-state index in [4.69, 9.17) is 4.74 Å². The lowest BCUT2D eigenvalue weighted by Crippen LogP contribution is -2.08. The highest BCUT2D eigenvalue weighted by atomic mass is 19.4. The molecule has 3 nitrogen and oxygen atoms in total. The number of ether oxygens (including phenoxy) is 1. The minimum absolute atomic E-state index is 0.0409. The maximum atomic E-state index is 13.0. The molecule has 1 aromatic heterocycles. The van der Waals surface area contributed by atoms with Crippen LogP contribution in [0.25, 0.3) is 11.1 Å². The standard InChI is InChI=1S/C14H10F3NO2/c1-20-13-7-18-6-10(11(13)8-19)9-4-2-3-5-12(9)14(15,16)17/h2-8H,1H3. The van der Waals surface area contributed by atoms with Crippen molar-refractivity contribution < 1.29 is 22.7 Å². The van der Waals surface area contributed by atoms with Gasteiger partial charge in [-0.05, 0) is 11.6 Å². The van der Waals surface area contributed by atoms with Crippen LogP contribution in [-0.4, -0.2) is 18.4 Å². The molecule has 0 aliphatic heterocycles. The van der Waals surface area contributed by atoms with Gasteiger partial charge in [0, 0.05) is 11.8 Å². The fourth-order valence-corrected chi connectivity index (χ4v) is 1.92. The Hall–Kier alpha value is -2.37. The number of aldehydes is 1. The van der Waals surface area contributed by atoms with Crippen LogP contribution in [-0.2, 0) is 6.18 Å². The van der Waals surface area contributed by atoms with E-state index in [2.05, 4.69) is 4.98 Å². The molecular formula is C14H10F3NO2. The number of rotatable bonds is 3. The summed E-state index contributed by atoms with van der Waals surface area (Å²) in [5.74, 6) is 0.134. The Morgan fingerprint density at radius 3 is 2.45 bits per heavy atom. The Bertz CT molecular complexity index is 639. The molecule has 0 radical (unpaired) electrons. The van der Waals surface area contributed by atoms with Crippen LogP contribution in [0.2, 0.25) is 0 Å². The van der Waals surface area contributed by atoms with Crippen LogP contribution in [0, 0.1) is 0 Å². The van der Waals surface area contributed by atoms with Gasteiger partial charge in [-0.2, -0.15) is 13.2 Å². The molecule has 104 valence electrons. The lowest BCUT2D eigenvalue weighted by Gasteiger charge is -2.14. The number of alkyl halides is 3. The van der Waals surface area contributed by atoms with E-state index in [1.165, 1.54) is 37.7 Å². The predicted octanol–water partition coefficient (Wildman–Crippen LogP) is 3.59. The molecule has 1 heterocycles. The Morgan fingerprint density at radius 2 is 1.85 bits per heavy atom. The lowest BCUT2D eigenvalue weighted by atomic mass is 9.97. The Morgan fingerprint density at radius 1 is 1.15 bits per heavy atom. The van der Waals surface area contributed by atoms with Crippen LogP contribution in [0.3, 0.4) is 0 Å². The van der Waals surface area contributed by atoms with Crippen LogP contribution < -0.4 is 4.74 Å². The fraction of sp³-hybridized carbons (Fsp3) is 0.143. The minimum Gasteiger partial charge on any atom is -0.494 e. The third-order valence-corrected chi connectivity index (χ3v) is 2.81. The molecule has 2 aromatic rings. The van der Waals surface area contributed by atoms with Gasteiger partial charge in [-0.1, -0.05) is 18.2 Å². The van der Waals surface area contributed by atoms with Crippen molar-refractivity contribution in [2.45, 2.75) is 6.18 Å². The maximum Gasteiger partial charge on any atom is 0.417 e. The smallest absolute Gasteiger partial charge is 0.417 e. The Kier molecular flexibility index (Phi) is 3.74. The van der Waals surface area contributed by atoms with Gasteiger partial charge in [0.1, 0.15) is 5.75 Å². The van der Waals surface area contributed by atoms with Gasteiger partial charge in [-0.15, -0.1) is 0 Å². The molecule has 0 fully saturated rings. The maximum absolute atomic E-state index is 13.0. The first-order chi connectivity index (χ1) is 9.49. The third kappa shape index (κ3) is 2.49. The second kappa shape index (κ2) is 5.32. The van der Waals surface area contributed by atoms with Crippen LogP contribution in [0.5, 0.6) is 5.75 Å². The van der Waals surface area contributed by atoms with Gasteiger partial charge in [0.25, 0.3) is 0 Å². The first-order valence-electron chi connectivity index (χ1n) is 5.62. The molecular weight excluding hydrogens is 271 g/mol. The van der Waals surface area contributed by atoms with E-state index >= 15 is 0 Å². The number of hydrogen-bond donors (Lipinski definition) is 0. The molecule has 0 saturated heterocycles. The first kappa shape index (κ1) is 14.0. The van der Waals surface area contributed by atoms with E-state index in [0.29, 0.717) is 6.29 Å². The summed E-state index contributed by atoms with van der Waals surface area (Å²) in [5, 5.41) is 0. The van der Waals surface area contributed by atoms with Gasteiger partial charge in [0.15, 0.2) is 6.29 Å². The molecule has 6 heteroatoms. The zero-order valence-corrected chi connectivity index (χ0v) is 10.4. The van der Waals surface area contributed by atoms with Crippen LogP contribution in [0.15, 0.2) is 36.7 Å². The highest BCUT2D eigenvalue weighted by molar-refractivity contribution is 5.91. The summed E-state index contributed by atoms with van der Waals surface area (Å²) in [4.78, 5) is 15.0. The van der Waals surface area contributed by atoms with E-state index in [0.717, 1.165) is 6.07 Å². The normalized spacial score (nSPS) is 11.2. The SMILES string of the molecule is COc1cncc(-c2ccccc2C(F)(F)F)c1C=O. The number of carbonyl (C=O) groups is 1. The van der Waals surface area contributed by atoms with Gasteiger partial charge in [0.2, 0.25) is 0 Å². The van der Waals surface area contributed by atoms with E-state index in [-0.39, 0.29) is 22.4 Å². The molecule has 0 saturated carbocycles. The third-order valence-electron chi connectivity index (χ3n) is 2.81. The number of pyridine rings is 1. The number of methoxy groups -OCH3 is 1. The van der Waals surface area contributed by atoms with E-state index in [1.54, 1.807) is 0 Å². The molecule has 0 N–H and O–H groups in total. The van der Waals surface area contributed by atoms with Crippen molar-refractivity contribution in [3.63, 3.8) is 0 Å². The van der Waals surface area contributed by atoms with Gasteiger partial charge in [-0.3, -0.25) is 9.78 Å². The zero-order chi connectivity index (χ0) is 14.8. The number of hydrogen-bond acceptors (Lipinski definition) is 3. The molecule has 0 unspecified atom stereocenters. The van der Waals surface area contributed by atoms with Crippen molar-refractivity contribution in [3.8, 4) is 16.9 Å². The largest absolute Gasteiger partial charge is 0.494 e. The second-order valence-corrected chi connectivity index (χ2v) is 3.96. The van der Waals surface area contributed by atoms with E-state index < -0.39 is 11.7 Å².